The average Bonchev–Trinajstić information content (AvgIpc) is 1.65. The normalized spacial score (nSPS) is 18.9. The number of alkyl halides is 1. The van der Waals surface area contributed by atoms with Gasteiger partial charge in [-0.1, -0.05) is 11.6 Å². The van der Waals surface area contributed by atoms with Gasteiger partial charge in [0.2, 0.25) is 0 Å². The lowest BCUT2D eigenvalue weighted by atomic mass is 10.4. The number of halogens is 1. The van der Waals surface area contributed by atoms with E-state index in [4.69, 9.17) is 26.9 Å². The van der Waals surface area contributed by atoms with Gasteiger partial charge in [-0.25, -0.2) is 0 Å². The summed E-state index contributed by atoms with van der Waals surface area (Å²) in [6, 6.07) is 0. The van der Waals surface area contributed by atoms with Crippen molar-refractivity contribution in [1.29, 1.82) is 0 Å². The summed E-state index contributed by atoms with van der Waals surface area (Å²) in [6.07, 6.45) is -1.22. The van der Waals surface area contributed by atoms with Crippen LogP contribution in [0.3, 0.4) is 0 Å². The van der Waals surface area contributed by atoms with Crippen LogP contribution in [0.5, 0.6) is 0 Å². The topological polar surface area (TPSA) is 60.7 Å². The van der Waals surface area contributed by atoms with Crippen molar-refractivity contribution in [2.45, 2.75) is 11.7 Å². The standard InChI is InChI=1S/C3H7ClO3/c4-3(7)2(6)1-5/h2-3,5-7H,1H2/t2?,3-/m0/s1. The van der Waals surface area contributed by atoms with Crippen LogP contribution in [0.15, 0.2) is 0 Å². The van der Waals surface area contributed by atoms with Crippen LogP contribution in [0.25, 0.3) is 0 Å². The van der Waals surface area contributed by atoms with E-state index >= 15 is 0 Å². The Morgan fingerprint density at radius 3 is 1.86 bits per heavy atom. The van der Waals surface area contributed by atoms with Crippen LogP contribution in [-0.4, -0.2) is 33.6 Å². The largest absolute Gasteiger partial charge is 0.394 e. The van der Waals surface area contributed by atoms with E-state index in [1.165, 1.54) is 0 Å². The van der Waals surface area contributed by atoms with Gasteiger partial charge in [0.1, 0.15) is 6.10 Å². The summed E-state index contributed by atoms with van der Waals surface area (Å²) in [5.74, 6) is 0. The Hall–Kier alpha value is 0.170. The van der Waals surface area contributed by atoms with Crippen molar-refractivity contribution in [2.24, 2.45) is 0 Å². The lowest BCUT2D eigenvalue weighted by molar-refractivity contribution is 0.0250. The molecule has 0 saturated heterocycles. The van der Waals surface area contributed by atoms with Crippen molar-refractivity contribution in [3.63, 3.8) is 0 Å². The SMILES string of the molecule is OCC(O)[C@H](O)Cl. The van der Waals surface area contributed by atoms with Gasteiger partial charge in [-0.15, -0.1) is 0 Å². The number of rotatable bonds is 2. The third-order valence-corrected chi connectivity index (χ3v) is 0.795. The summed E-state index contributed by atoms with van der Waals surface area (Å²) in [5.41, 5.74) is -1.36. The molecule has 0 fully saturated rings. The maximum absolute atomic E-state index is 8.30. The second-order valence-corrected chi connectivity index (χ2v) is 1.57. The molecule has 0 radical (unpaired) electrons. The maximum Gasteiger partial charge on any atom is 0.155 e. The summed E-state index contributed by atoms with van der Waals surface area (Å²) in [6.45, 7) is -0.509. The molecular weight excluding hydrogens is 119 g/mol. The third-order valence-electron chi connectivity index (χ3n) is 0.505. The van der Waals surface area contributed by atoms with Crippen LogP contribution in [0.2, 0.25) is 0 Å². The monoisotopic (exact) mass is 126 g/mol. The predicted octanol–water partition coefficient (Wildman–Crippen LogP) is -1.10. The van der Waals surface area contributed by atoms with Gasteiger partial charge in [0.15, 0.2) is 5.56 Å². The summed E-state index contributed by atoms with van der Waals surface area (Å²) >= 11 is 4.87. The Kier molecular flexibility index (Phi) is 3.29. The van der Waals surface area contributed by atoms with Gasteiger partial charge in [-0.3, -0.25) is 0 Å². The fourth-order valence-corrected chi connectivity index (χ4v) is 0.167. The molecule has 0 bridgehead atoms. The van der Waals surface area contributed by atoms with E-state index < -0.39 is 18.3 Å². The Morgan fingerprint density at radius 1 is 1.43 bits per heavy atom. The Bertz CT molecular complexity index is 47.4. The first-order valence-corrected chi connectivity index (χ1v) is 2.23. The molecule has 0 heterocycles. The molecule has 0 aliphatic heterocycles. The first-order chi connectivity index (χ1) is 3.18. The van der Waals surface area contributed by atoms with Gasteiger partial charge in [0, 0.05) is 0 Å². The van der Waals surface area contributed by atoms with E-state index in [0.717, 1.165) is 0 Å². The summed E-state index contributed by atoms with van der Waals surface area (Å²) in [4.78, 5) is 0. The van der Waals surface area contributed by atoms with Gasteiger partial charge in [0.25, 0.3) is 0 Å². The van der Waals surface area contributed by atoms with E-state index in [1.54, 1.807) is 0 Å². The maximum atomic E-state index is 8.30. The Balaban J connectivity index is 3.14. The van der Waals surface area contributed by atoms with Crippen LogP contribution >= 0.6 is 11.6 Å². The van der Waals surface area contributed by atoms with Crippen LogP contribution < -0.4 is 0 Å². The number of aliphatic hydroxyl groups excluding tert-OH is 3. The smallest absolute Gasteiger partial charge is 0.155 e. The molecule has 0 rings (SSSR count). The molecule has 44 valence electrons. The van der Waals surface area contributed by atoms with E-state index in [1.807, 2.05) is 0 Å². The molecule has 0 aliphatic carbocycles. The molecular formula is C3H7ClO3. The van der Waals surface area contributed by atoms with E-state index in [2.05, 4.69) is 0 Å². The summed E-state index contributed by atoms with van der Waals surface area (Å²) in [7, 11) is 0. The van der Waals surface area contributed by atoms with E-state index in [9.17, 15) is 0 Å². The van der Waals surface area contributed by atoms with Crippen molar-refractivity contribution in [1.82, 2.24) is 0 Å². The highest BCUT2D eigenvalue weighted by Crippen LogP contribution is 1.95. The zero-order chi connectivity index (χ0) is 5.86. The summed E-state index contributed by atoms with van der Waals surface area (Å²) < 4.78 is 0. The molecule has 3 nitrogen and oxygen atoms in total. The number of aliphatic hydroxyl groups is 3. The minimum absolute atomic E-state index is 0.509. The highest BCUT2D eigenvalue weighted by atomic mass is 35.5. The van der Waals surface area contributed by atoms with Crippen molar-refractivity contribution in [2.75, 3.05) is 6.61 Å². The number of hydrogen-bond donors (Lipinski definition) is 3. The van der Waals surface area contributed by atoms with Crippen molar-refractivity contribution in [3.8, 4) is 0 Å². The quantitative estimate of drug-likeness (QED) is 0.412. The van der Waals surface area contributed by atoms with Gasteiger partial charge < -0.3 is 15.3 Å². The molecule has 0 aromatic heterocycles. The van der Waals surface area contributed by atoms with Gasteiger partial charge in [-0.05, 0) is 0 Å². The molecule has 7 heavy (non-hydrogen) atoms. The number of hydrogen-bond acceptors (Lipinski definition) is 3. The Morgan fingerprint density at radius 2 is 1.86 bits per heavy atom. The molecule has 0 aromatic carbocycles. The molecule has 4 heteroatoms. The second-order valence-electron chi connectivity index (χ2n) is 1.12. The molecule has 1 unspecified atom stereocenters. The zero-order valence-electron chi connectivity index (χ0n) is 3.58. The Labute approximate surface area is 46.2 Å². The van der Waals surface area contributed by atoms with Crippen molar-refractivity contribution < 1.29 is 15.3 Å². The first-order valence-electron chi connectivity index (χ1n) is 1.79. The molecule has 3 N–H and O–H groups in total. The molecule has 0 amide bonds. The highest BCUT2D eigenvalue weighted by Gasteiger charge is 2.09. The van der Waals surface area contributed by atoms with Crippen molar-refractivity contribution in [3.05, 3.63) is 0 Å². The van der Waals surface area contributed by atoms with Crippen LogP contribution in [-0.2, 0) is 0 Å². The van der Waals surface area contributed by atoms with Gasteiger partial charge >= 0.3 is 0 Å². The highest BCUT2D eigenvalue weighted by molar-refractivity contribution is 6.19. The van der Waals surface area contributed by atoms with E-state index in [0.29, 0.717) is 0 Å². The third kappa shape index (κ3) is 2.82. The second kappa shape index (κ2) is 3.21. The van der Waals surface area contributed by atoms with Crippen LogP contribution in [0.1, 0.15) is 0 Å². The van der Waals surface area contributed by atoms with Crippen LogP contribution in [0, 0.1) is 0 Å². The van der Waals surface area contributed by atoms with Crippen LogP contribution in [0.4, 0.5) is 0 Å². The lowest BCUT2D eigenvalue weighted by Crippen LogP contribution is -2.23. The van der Waals surface area contributed by atoms with Gasteiger partial charge in [0.05, 0.1) is 6.61 Å². The fourth-order valence-electron chi connectivity index (χ4n) is 0.0870. The molecule has 0 spiro atoms. The minimum atomic E-state index is -1.36. The first kappa shape index (κ1) is 7.17. The fraction of sp³-hybridized carbons (Fsp3) is 1.00. The van der Waals surface area contributed by atoms with E-state index in [-0.39, 0.29) is 0 Å². The molecule has 0 aromatic rings. The van der Waals surface area contributed by atoms with Gasteiger partial charge in [-0.2, -0.15) is 0 Å². The lowest BCUT2D eigenvalue weighted by Gasteiger charge is -2.05. The summed E-state index contributed by atoms with van der Waals surface area (Å²) in [5, 5.41) is 24.5. The van der Waals surface area contributed by atoms with Crippen molar-refractivity contribution >= 4 is 11.6 Å². The molecule has 0 aliphatic rings. The predicted molar refractivity (Wildman–Crippen MR) is 25.0 cm³/mol. The molecule has 2 atom stereocenters. The zero-order valence-corrected chi connectivity index (χ0v) is 4.34. The molecule has 0 saturated carbocycles. The minimum Gasteiger partial charge on any atom is -0.394 e. The average molecular weight is 127 g/mol.